The van der Waals surface area contributed by atoms with E-state index in [1.165, 1.54) is 12.1 Å². The molecule has 5 heteroatoms. The lowest BCUT2D eigenvalue weighted by Gasteiger charge is -2.04. The fourth-order valence-electron chi connectivity index (χ4n) is 0.944. The van der Waals surface area contributed by atoms with Gasteiger partial charge >= 0.3 is 0 Å². The van der Waals surface area contributed by atoms with Crippen LogP contribution in [0.15, 0.2) is 23.2 Å². The van der Waals surface area contributed by atoms with Crippen LogP contribution in [-0.2, 0) is 4.79 Å². The first-order valence-electron chi connectivity index (χ1n) is 3.60. The Kier molecular flexibility index (Phi) is 3.67. The Balaban J connectivity index is 3.18. The van der Waals surface area contributed by atoms with E-state index >= 15 is 0 Å². The second-order valence-electron chi connectivity index (χ2n) is 2.42. The molecule has 0 saturated heterocycles. The third kappa shape index (κ3) is 2.34. The first-order valence-corrected chi connectivity index (χ1v) is 4.36. The van der Waals surface area contributed by atoms with Gasteiger partial charge in [0.2, 0.25) is 6.08 Å². The molecule has 0 aromatic heterocycles. The summed E-state index contributed by atoms with van der Waals surface area (Å²) in [6.07, 6.45) is 1.32. The summed E-state index contributed by atoms with van der Waals surface area (Å²) in [5.74, 6) is 0. The van der Waals surface area contributed by atoms with Gasteiger partial charge in [0, 0.05) is 15.6 Å². The van der Waals surface area contributed by atoms with Crippen molar-refractivity contribution in [1.82, 2.24) is 0 Å². The molecule has 0 aliphatic rings. The maximum absolute atomic E-state index is 10.0. The lowest BCUT2D eigenvalue weighted by Crippen LogP contribution is -1.92. The van der Waals surface area contributed by atoms with E-state index in [0.717, 1.165) is 0 Å². The van der Waals surface area contributed by atoms with Crippen LogP contribution >= 0.6 is 23.2 Å². The number of halogens is 2. The second kappa shape index (κ2) is 4.78. The minimum atomic E-state index is -0.919. The molecule has 1 aromatic carbocycles. The Bertz CT molecular complexity index is 433. The van der Waals surface area contributed by atoms with E-state index in [1.54, 1.807) is 12.1 Å². The van der Waals surface area contributed by atoms with Gasteiger partial charge in [0.15, 0.2) is 6.04 Å². The molecule has 0 N–H and O–H groups in total. The molecular weight excluding hydrogens is 223 g/mol. The Morgan fingerprint density at radius 2 is 2.14 bits per heavy atom. The van der Waals surface area contributed by atoms with Crippen LogP contribution in [0.3, 0.4) is 0 Å². The number of aliphatic imine (C=N–C) groups is 1. The van der Waals surface area contributed by atoms with Crippen LogP contribution in [0.1, 0.15) is 11.6 Å². The molecule has 0 bridgehead atoms. The van der Waals surface area contributed by atoms with E-state index in [-0.39, 0.29) is 0 Å². The Labute approximate surface area is 90.6 Å². The number of hydrogen-bond donors (Lipinski definition) is 0. The topological polar surface area (TPSA) is 53.2 Å². The Morgan fingerprint density at radius 3 is 2.64 bits per heavy atom. The van der Waals surface area contributed by atoms with Crippen LogP contribution in [0.25, 0.3) is 0 Å². The van der Waals surface area contributed by atoms with Crippen molar-refractivity contribution >= 4 is 29.3 Å². The predicted molar refractivity (Wildman–Crippen MR) is 52.9 cm³/mol. The van der Waals surface area contributed by atoms with Crippen molar-refractivity contribution in [3.8, 4) is 6.07 Å². The van der Waals surface area contributed by atoms with Gasteiger partial charge < -0.3 is 0 Å². The van der Waals surface area contributed by atoms with Crippen LogP contribution in [0.5, 0.6) is 0 Å². The number of rotatable bonds is 2. The largest absolute Gasteiger partial charge is 0.236 e. The Morgan fingerprint density at radius 1 is 1.43 bits per heavy atom. The van der Waals surface area contributed by atoms with Crippen LogP contribution in [-0.4, -0.2) is 6.08 Å². The van der Waals surface area contributed by atoms with Gasteiger partial charge in [-0.05, 0) is 12.1 Å². The standard InChI is InChI=1S/C9H4Cl2N2O/c10-6-1-2-7(8(11)3-6)9(4-12)13-5-14/h1-3,9H. The lowest BCUT2D eigenvalue weighted by molar-refractivity contribution is 0.561. The molecule has 0 aliphatic carbocycles. The highest BCUT2D eigenvalue weighted by atomic mass is 35.5. The number of isocyanates is 1. The molecule has 1 atom stereocenters. The van der Waals surface area contributed by atoms with E-state index in [4.69, 9.17) is 28.5 Å². The fraction of sp³-hybridized carbons (Fsp3) is 0.111. The van der Waals surface area contributed by atoms with E-state index in [2.05, 4.69) is 4.99 Å². The fourth-order valence-corrected chi connectivity index (χ4v) is 1.46. The molecule has 14 heavy (non-hydrogen) atoms. The van der Waals surface area contributed by atoms with Gasteiger partial charge in [-0.15, -0.1) is 0 Å². The van der Waals surface area contributed by atoms with Gasteiger partial charge in [0.1, 0.15) is 0 Å². The SMILES string of the molecule is N#CC(N=C=O)c1ccc(Cl)cc1Cl. The quantitative estimate of drug-likeness (QED) is 0.576. The predicted octanol–water partition coefficient (Wildman–Crippen LogP) is 2.89. The summed E-state index contributed by atoms with van der Waals surface area (Å²) in [6, 6.07) is 5.52. The molecule has 1 rings (SSSR count). The second-order valence-corrected chi connectivity index (χ2v) is 3.26. The smallest absolute Gasteiger partial charge is 0.211 e. The number of carbonyl (C=O) groups excluding carboxylic acids is 1. The average Bonchev–Trinajstić information content (AvgIpc) is 2.15. The molecule has 3 nitrogen and oxygen atoms in total. The van der Waals surface area contributed by atoms with Crippen molar-refractivity contribution in [2.24, 2.45) is 4.99 Å². The van der Waals surface area contributed by atoms with Crippen molar-refractivity contribution in [2.75, 3.05) is 0 Å². The molecule has 0 heterocycles. The molecule has 0 aliphatic heterocycles. The summed E-state index contributed by atoms with van der Waals surface area (Å²) in [6.45, 7) is 0. The van der Waals surface area contributed by atoms with E-state index in [0.29, 0.717) is 15.6 Å². The molecule has 0 radical (unpaired) electrons. The molecular formula is C9H4Cl2N2O. The molecule has 0 fully saturated rings. The summed E-state index contributed by atoms with van der Waals surface area (Å²) < 4.78 is 0. The minimum Gasteiger partial charge on any atom is -0.211 e. The van der Waals surface area contributed by atoms with Gasteiger partial charge in [0.25, 0.3) is 0 Å². The summed E-state index contributed by atoms with van der Waals surface area (Å²) in [5, 5.41) is 9.46. The van der Waals surface area contributed by atoms with Crippen molar-refractivity contribution in [2.45, 2.75) is 6.04 Å². The van der Waals surface area contributed by atoms with E-state index in [1.807, 2.05) is 6.07 Å². The zero-order valence-electron chi connectivity index (χ0n) is 6.87. The van der Waals surface area contributed by atoms with E-state index in [9.17, 15) is 4.79 Å². The monoisotopic (exact) mass is 226 g/mol. The maximum Gasteiger partial charge on any atom is 0.236 e. The molecule has 0 saturated carbocycles. The van der Waals surface area contributed by atoms with Gasteiger partial charge in [-0.1, -0.05) is 29.3 Å². The normalized spacial score (nSPS) is 11.2. The zero-order chi connectivity index (χ0) is 10.6. The highest BCUT2D eigenvalue weighted by Crippen LogP contribution is 2.27. The van der Waals surface area contributed by atoms with Gasteiger partial charge in [-0.25, -0.2) is 4.79 Å². The van der Waals surface area contributed by atoms with Crippen molar-refractivity contribution in [3.63, 3.8) is 0 Å². The van der Waals surface area contributed by atoms with Crippen molar-refractivity contribution < 1.29 is 4.79 Å². The van der Waals surface area contributed by atoms with Crippen molar-refractivity contribution in [1.29, 1.82) is 5.26 Å². The van der Waals surface area contributed by atoms with E-state index < -0.39 is 6.04 Å². The van der Waals surface area contributed by atoms with Crippen LogP contribution in [0, 0.1) is 11.3 Å². The third-order valence-corrected chi connectivity index (χ3v) is 2.12. The highest BCUT2D eigenvalue weighted by molar-refractivity contribution is 6.35. The molecule has 1 unspecified atom stereocenters. The first kappa shape index (κ1) is 10.7. The number of benzene rings is 1. The zero-order valence-corrected chi connectivity index (χ0v) is 8.38. The third-order valence-electron chi connectivity index (χ3n) is 1.56. The molecule has 70 valence electrons. The van der Waals surface area contributed by atoms with Crippen LogP contribution in [0.2, 0.25) is 10.0 Å². The number of hydrogen-bond acceptors (Lipinski definition) is 3. The summed E-state index contributed by atoms with van der Waals surface area (Å²) in [7, 11) is 0. The number of nitrogens with zero attached hydrogens (tertiary/aromatic N) is 2. The number of nitriles is 1. The minimum absolute atomic E-state index is 0.308. The first-order chi connectivity index (χ1) is 6.69. The van der Waals surface area contributed by atoms with Crippen LogP contribution < -0.4 is 0 Å². The molecule has 0 amide bonds. The summed E-state index contributed by atoms with van der Waals surface area (Å²) in [4.78, 5) is 13.3. The van der Waals surface area contributed by atoms with Gasteiger partial charge in [-0.2, -0.15) is 10.3 Å². The summed E-state index contributed by atoms with van der Waals surface area (Å²) in [5.41, 5.74) is 0.446. The van der Waals surface area contributed by atoms with Gasteiger partial charge in [-0.3, -0.25) is 0 Å². The lowest BCUT2D eigenvalue weighted by atomic mass is 10.1. The molecule has 1 aromatic rings. The van der Waals surface area contributed by atoms with Gasteiger partial charge in [0.05, 0.1) is 6.07 Å². The van der Waals surface area contributed by atoms with Crippen molar-refractivity contribution in [3.05, 3.63) is 33.8 Å². The summed E-state index contributed by atoms with van der Waals surface area (Å²) >= 11 is 11.5. The average molecular weight is 227 g/mol. The highest BCUT2D eigenvalue weighted by Gasteiger charge is 2.12. The van der Waals surface area contributed by atoms with Crippen LogP contribution in [0.4, 0.5) is 0 Å². The Hall–Kier alpha value is -1.33. The maximum atomic E-state index is 10.0. The molecule has 0 spiro atoms.